The van der Waals surface area contributed by atoms with Gasteiger partial charge in [-0.2, -0.15) is 0 Å². The lowest BCUT2D eigenvalue weighted by Gasteiger charge is -2.53. The minimum Gasteiger partial charge on any atom is -0.458 e. The summed E-state index contributed by atoms with van der Waals surface area (Å²) >= 11 is 0. The molecule has 0 N–H and O–H groups in total. The number of rotatable bonds is 3. The average Bonchev–Trinajstić information content (AvgIpc) is 2.31. The molecule has 0 atom stereocenters. The molecule has 2 nitrogen and oxygen atoms in total. The lowest BCUT2D eigenvalue weighted by Crippen LogP contribution is -2.50. The van der Waals surface area contributed by atoms with Gasteiger partial charge in [0.2, 0.25) is 0 Å². The molecule has 2 heteroatoms. The van der Waals surface area contributed by atoms with Crippen LogP contribution in [0.25, 0.3) is 0 Å². The summed E-state index contributed by atoms with van der Waals surface area (Å²) in [5.74, 6) is 3.52. The maximum absolute atomic E-state index is 12.2. The van der Waals surface area contributed by atoms with Crippen molar-refractivity contribution in [1.82, 2.24) is 0 Å². The maximum atomic E-state index is 12.2. The molecule has 4 fully saturated rings. The summed E-state index contributed by atoms with van der Waals surface area (Å²) in [6.07, 6.45) is 8.89. The standard InChI is InChI=1S/C17H26O2/c1-10(2)4-11(3)17(18)19-16-14-6-12-5-13(8-14)9-15(16)7-12/h4,10,12-16H,5-9H2,1-3H3. The van der Waals surface area contributed by atoms with E-state index in [2.05, 4.69) is 13.8 Å². The zero-order chi connectivity index (χ0) is 13.6. The van der Waals surface area contributed by atoms with Crippen LogP contribution in [0.15, 0.2) is 11.6 Å². The van der Waals surface area contributed by atoms with Gasteiger partial charge < -0.3 is 4.74 Å². The summed E-state index contributed by atoms with van der Waals surface area (Å²) in [6, 6.07) is 0. The smallest absolute Gasteiger partial charge is 0.333 e. The first-order chi connectivity index (χ1) is 9.02. The van der Waals surface area contributed by atoms with Crippen LogP contribution in [-0.2, 0) is 9.53 Å². The van der Waals surface area contributed by atoms with Crippen LogP contribution < -0.4 is 0 Å². The highest BCUT2D eigenvalue weighted by atomic mass is 16.5. The summed E-state index contributed by atoms with van der Waals surface area (Å²) in [4.78, 5) is 12.2. The van der Waals surface area contributed by atoms with E-state index in [1.54, 1.807) is 0 Å². The van der Waals surface area contributed by atoms with E-state index in [-0.39, 0.29) is 12.1 Å². The van der Waals surface area contributed by atoms with Crippen molar-refractivity contribution in [1.29, 1.82) is 0 Å². The van der Waals surface area contributed by atoms with E-state index in [9.17, 15) is 4.79 Å². The van der Waals surface area contributed by atoms with Crippen LogP contribution in [0.1, 0.15) is 52.9 Å². The van der Waals surface area contributed by atoms with Crippen molar-refractivity contribution in [3.63, 3.8) is 0 Å². The normalized spacial score (nSPS) is 40.8. The molecule has 4 saturated carbocycles. The van der Waals surface area contributed by atoms with Gasteiger partial charge in [-0.05, 0) is 68.6 Å². The molecule has 4 aliphatic carbocycles. The van der Waals surface area contributed by atoms with Gasteiger partial charge in [-0.25, -0.2) is 4.79 Å². The molecule has 4 aliphatic rings. The number of carbonyl (C=O) groups excluding carboxylic acids is 1. The molecule has 0 unspecified atom stereocenters. The predicted molar refractivity (Wildman–Crippen MR) is 75.5 cm³/mol. The van der Waals surface area contributed by atoms with Crippen molar-refractivity contribution in [2.24, 2.45) is 29.6 Å². The number of hydrogen-bond donors (Lipinski definition) is 0. The molecule has 4 bridgehead atoms. The summed E-state index contributed by atoms with van der Waals surface area (Å²) in [6.45, 7) is 6.08. The lowest BCUT2D eigenvalue weighted by molar-refractivity contribution is -0.166. The van der Waals surface area contributed by atoms with Crippen molar-refractivity contribution >= 4 is 5.97 Å². The highest BCUT2D eigenvalue weighted by Gasteiger charge is 2.49. The molecule has 0 spiro atoms. The second kappa shape index (κ2) is 4.96. The van der Waals surface area contributed by atoms with Crippen LogP contribution in [-0.4, -0.2) is 12.1 Å². The Bertz CT molecular complexity index is 366. The highest BCUT2D eigenvalue weighted by Crippen LogP contribution is 2.54. The van der Waals surface area contributed by atoms with E-state index in [1.165, 1.54) is 32.1 Å². The Kier molecular flexibility index (Phi) is 3.44. The maximum Gasteiger partial charge on any atom is 0.333 e. The third kappa shape index (κ3) is 2.59. The van der Waals surface area contributed by atoms with Crippen molar-refractivity contribution in [2.45, 2.75) is 59.0 Å². The Morgan fingerprint density at radius 2 is 1.58 bits per heavy atom. The molecule has 0 aromatic rings. The molecular weight excluding hydrogens is 236 g/mol. The molecule has 0 amide bonds. The van der Waals surface area contributed by atoms with E-state index in [0.29, 0.717) is 17.8 Å². The van der Waals surface area contributed by atoms with Gasteiger partial charge in [0.05, 0.1) is 0 Å². The third-order valence-corrected chi connectivity index (χ3v) is 5.29. The van der Waals surface area contributed by atoms with Crippen molar-refractivity contribution < 1.29 is 9.53 Å². The molecule has 0 aromatic heterocycles. The molecule has 106 valence electrons. The fourth-order valence-corrected chi connectivity index (χ4v) is 4.85. The van der Waals surface area contributed by atoms with Crippen LogP contribution in [0.5, 0.6) is 0 Å². The molecule has 19 heavy (non-hydrogen) atoms. The van der Waals surface area contributed by atoms with Crippen LogP contribution >= 0.6 is 0 Å². The largest absolute Gasteiger partial charge is 0.458 e. The number of ether oxygens (including phenoxy) is 1. The predicted octanol–water partition coefficient (Wildman–Crippen LogP) is 3.96. The van der Waals surface area contributed by atoms with Crippen LogP contribution in [0.2, 0.25) is 0 Å². The fourth-order valence-electron chi connectivity index (χ4n) is 4.85. The monoisotopic (exact) mass is 262 g/mol. The van der Waals surface area contributed by atoms with Gasteiger partial charge in [-0.3, -0.25) is 0 Å². The summed E-state index contributed by atoms with van der Waals surface area (Å²) in [7, 11) is 0. The second-order valence-corrected chi connectivity index (χ2v) is 7.39. The first kappa shape index (κ1) is 13.2. The zero-order valence-electron chi connectivity index (χ0n) is 12.4. The number of hydrogen-bond acceptors (Lipinski definition) is 2. The van der Waals surface area contributed by atoms with Crippen molar-refractivity contribution in [3.05, 3.63) is 11.6 Å². The van der Waals surface area contributed by atoms with Gasteiger partial charge in [0, 0.05) is 5.57 Å². The number of esters is 1. The van der Waals surface area contributed by atoms with Gasteiger partial charge >= 0.3 is 5.97 Å². The zero-order valence-corrected chi connectivity index (χ0v) is 12.4. The van der Waals surface area contributed by atoms with E-state index in [0.717, 1.165) is 17.4 Å². The van der Waals surface area contributed by atoms with E-state index in [4.69, 9.17) is 4.74 Å². The summed E-state index contributed by atoms with van der Waals surface area (Å²) in [5, 5.41) is 0. The van der Waals surface area contributed by atoms with Crippen molar-refractivity contribution in [3.8, 4) is 0 Å². The Hall–Kier alpha value is -0.790. The lowest BCUT2D eigenvalue weighted by atomic mass is 9.55. The van der Waals surface area contributed by atoms with E-state index in [1.807, 2.05) is 13.0 Å². The quantitative estimate of drug-likeness (QED) is 0.568. The van der Waals surface area contributed by atoms with E-state index < -0.39 is 0 Å². The SMILES string of the molecule is CC(=CC(C)C)C(=O)OC1C2CC3CC(C2)CC1C3. The van der Waals surface area contributed by atoms with Crippen LogP contribution in [0.3, 0.4) is 0 Å². The molecule has 0 aliphatic heterocycles. The highest BCUT2D eigenvalue weighted by molar-refractivity contribution is 5.87. The molecular formula is C17H26O2. The average molecular weight is 262 g/mol. The van der Waals surface area contributed by atoms with Gasteiger partial charge in [0.15, 0.2) is 0 Å². The second-order valence-electron chi connectivity index (χ2n) is 7.39. The van der Waals surface area contributed by atoms with Gasteiger partial charge in [0.1, 0.15) is 6.10 Å². The van der Waals surface area contributed by atoms with Gasteiger partial charge in [-0.1, -0.05) is 19.9 Å². The summed E-state index contributed by atoms with van der Waals surface area (Å²) < 4.78 is 5.88. The van der Waals surface area contributed by atoms with Gasteiger partial charge in [-0.15, -0.1) is 0 Å². The minimum atomic E-state index is -0.0776. The third-order valence-electron chi connectivity index (χ3n) is 5.29. The Labute approximate surface area is 116 Å². The molecule has 0 radical (unpaired) electrons. The van der Waals surface area contributed by atoms with Crippen molar-refractivity contribution in [2.75, 3.05) is 0 Å². The first-order valence-corrected chi connectivity index (χ1v) is 7.92. The number of carbonyl (C=O) groups is 1. The van der Waals surface area contributed by atoms with Gasteiger partial charge in [0.25, 0.3) is 0 Å². The van der Waals surface area contributed by atoms with Crippen LogP contribution in [0, 0.1) is 29.6 Å². The molecule has 0 saturated heterocycles. The molecule has 0 heterocycles. The van der Waals surface area contributed by atoms with E-state index >= 15 is 0 Å². The van der Waals surface area contributed by atoms with Crippen LogP contribution in [0.4, 0.5) is 0 Å². The Balaban J connectivity index is 1.66. The first-order valence-electron chi connectivity index (χ1n) is 7.92. The number of allylic oxidation sites excluding steroid dienone is 1. The Morgan fingerprint density at radius 3 is 2.05 bits per heavy atom. The molecule has 4 rings (SSSR count). The Morgan fingerprint density at radius 1 is 1.05 bits per heavy atom. The minimum absolute atomic E-state index is 0.0776. The molecule has 0 aromatic carbocycles. The topological polar surface area (TPSA) is 26.3 Å². The fraction of sp³-hybridized carbons (Fsp3) is 0.824. The summed E-state index contributed by atoms with van der Waals surface area (Å²) in [5.41, 5.74) is 0.781.